The third-order valence-corrected chi connectivity index (χ3v) is 5.02. The first kappa shape index (κ1) is 14.0. The lowest BCUT2D eigenvalue weighted by molar-refractivity contribution is -0.133. The summed E-state index contributed by atoms with van der Waals surface area (Å²) in [5.74, 6) is 0.662. The average Bonchev–Trinajstić information content (AvgIpc) is 2.88. The molecule has 3 unspecified atom stereocenters. The number of thiophene rings is 1. The number of methoxy groups -OCH3 is 1. The molecule has 1 N–H and O–H groups in total. The van der Waals surface area contributed by atoms with E-state index in [2.05, 4.69) is 23.8 Å². The van der Waals surface area contributed by atoms with Crippen molar-refractivity contribution in [3.05, 3.63) is 22.4 Å². The van der Waals surface area contributed by atoms with E-state index in [0.717, 1.165) is 25.7 Å². The van der Waals surface area contributed by atoms with Crippen LogP contribution in [0.4, 0.5) is 0 Å². The highest BCUT2D eigenvalue weighted by Gasteiger charge is 2.40. The number of aryl methyl sites for hydroxylation is 1. The maximum absolute atomic E-state index is 10.5. The summed E-state index contributed by atoms with van der Waals surface area (Å²) in [6.07, 6.45) is 5.84. The van der Waals surface area contributed by atoms with E-state index in [4.69, 9.17) is 4.74 Å². The summed E-state index contributed by atoms with van der Waals surface area (Å²) in [7, 11) is 1.76. The van der Waals surface area contributed by atoms with Crippen molar-refractivity contribution in [3.63, 3.8) is 0 Å². The zero-order valence-corrected chi connectivity index (χ0v) is 12.2. The van der Waals surface area contributed by atoms with Gasteiger partial charge >= 0.3 is 0 Å². The minimum atomic E-state index is -0.342. The Balaban J connectivity index is 1.94. The van der Waals surface area contributed by atoms with Gasteiger partial charge in [-0.25, -0.2) is 0 Å². The van der Waals surface area contributed by atoms with E-state index >= 15 is 0 Å². The molecule has 0 radical (unpaired) electrons. The summed E-state index contributed by atoms with van der Waals surface area (Å²) in [4.78, 5) is 0. The minimum Gasteiger partial charge on any atom is -0.390 e. The van der Waals surface area contributed by atoms with E-state index in [0.29, 0.717) is 5.92 Å². The number of aliphatic hydroxyl groups is 1. The van der Waals surface area contributed by atoms with E-state index < -0.39 is 0 Å². The van der Waals surface area contributed by atoms with Crippen LogP contribution in [0.25, 0.3) is 0 Å². The second kappa shape index (κ2) is 6.18. The molecule has 2 nitrogen and oxygen atoms in total. The second-order valence-corrected chi connectivity index (χ2v) is 6.44. The van der Waals surface area contributed by atoms with Crippen molar-refractivity contribution in [2.75, 3.05) is 7.11 Å². The van der Waals surface area contributed by atoms with Gasteiger partial charge < -0.3 is 9.84 Å². The number of rotatable bonds is 5. The Kier molecular flexibility index (Phi) is 4.82. The number of ether oxygens (including phenoxy) is 1. The largest absolute Gasteiger partial charge is 0.390 e. The SMILES string of the molecule is COC1(C(O)CCc2ccsc2)CCCC(C)C1. The minimum absolute atomic E-state index is 0.298. The van der Waals surface area contributed by atoms with E-state index in [1.54, 1.807) is 18.4 Å². The molecule has 1 aromatic heterocycles. The standard InChI is InChI=1S/C15H24O2S/c1-12-4-3-8-15(10-12,17-2)14(16)6-5-13-7-9-18-11-13/h7,9,11-12,14,16H,3-6,8,10H2,1-2H3. The molecule has 0 amide bonds. The predicted octanol–water partition coefficient (Wildman–Crippen LogP) is 3.64. The normalized spacial score (nSPS) is 30.3. The van der Waals surface area contributed by atoms with Crippen molar-refractivity contribution in [1.29, 1.82) is 0 Å². The molecule has 3 atom stereocenters. The van der Waals surface area contributed by atoms with Crippen molar-refractivity contribution >= 4 is 11.3 Å². The topological polar surface area (TPSA) is 29.5 Å². The molecule has 0 spiro atoms. The number of hydrogen-bond donors (Lipinski definition) is 1. The molecule has 1 aliphatic carbocycles. The van der Waals surface area contributed by atoms with Crippen LogP contribution < -0.4 is 0 Å². The Hall–Kier alpha value is -0.380. The Bertz CT molecular complexity index is 349. The molecule has 102 valence electrons. The molecular formula is C15H24O2S. The summed E-state index contributed by atoms with van der Waals surface area (Å²) in [5, 5.41) is 14.8. The number of aliphatic hydroxyl groups excluding tert-OH is 1. The molecule has 0 saturated heterocycles. The fourth-order valence-corrected chi connectivity index (χ4v) is 3.87. The quantitative estimate of drug-likeness (QED) is 0.883. The molecule has 3 heteroatoms. The summed E-state index contributed by atoms with van der Waals surface area (Å²) < 4.78 is 5.73. The molecule has 1 saturated carbocycles. The van der Waals surface area contributed by atoms with Crippen LogP contribution in [-0.4, -0.2) is 23.9 Å². The van der Waals surface area contributed by atoms with Crippen LogP contribution in [0.1, 0.15) is 44.6 Å². The van der Waals surface area contributed by atoms with Gasteiger partial charge in [0.25, 0.3) is 0 Å². The summed E-state index contributed by atoms with van der Waals surface area (Å²) in [6.45, 7) is 2.26. The predicted molar refractivity (Wildman–Crippen MR) is 76.0 cm³/mol. The van der Waals surface area contributed by atoms with Gasteiger partial charge in [0.2, 0.25) is 0 Å². The van der Waals surface area contributed by atoms with Crippen LogP contribution >= 0.6 is 11.3 Å². The first-order valence-corrected chi connectivity index (χ1v) is 7.85. The van der Waals surface area contributed by atoms with Crippen molar-refractivity contribution in [2.45, 2.75) is 57.2 Å². The van der Waals surface area contributed by atoms with Gasteiger partial charge in [-0.05, 0) is 54.0 Å². The van der Waals surface area contributed by atoms with Gasteiger partial charge in [-0.2, -0.15) is 11.3 Å². The summed E-state index contributed by atoms with van der Waals surface area (Å²) in [5.41, 5.74) is 1.03. The molecule has 1 fully saturated rings. The van der Waals surface area contributed by atoms with Gasteiger partial charge in [-0.3, -0.25) is 0 Å². The molecule has 0 aliphatic heterocycles. The van der Waals surface area contributed by atoms with Crippen LogP contribution in [0.2, 0.25) is 0 Å². The molecule has 2 rings (SSSR count). The highest BCUT2D eigenvalue weighted by molar-refractivity contribution is 7.07. The molecule has 18 heavy (non-hydrogen) atoms. The Labute approximate surface area is 114 Å². The third kappa shape index (κ3) is 3.14. The molecule has 1 aliphatic rings. The molecule has 0 aromatic carbocycles. The zero-order valence-electron chi connectivity index (χ0n) is 11.4. The van der Waals surface area contributed by atoms with E-state index in [9.17, 15) is 5.11 Å². The fourth-order valence-electron chi connectivity index (χ4n) is 3.17. The molecule has 0 bridgehead atoms. The summed E-state index contributed by atoms with van der Waals surface area (Å²) in [6, 6.07) is 2.14. The smallest absolute Gasteiger partial charge is 0.0939 e. The third-order valence-electron chi connectivity index (χ3n) is 4.29. The first-order chi connectivity index (χ1) is 8.66. The van der Waals surface area contributed by atoms with Gasteiger partial charge in [0.05, 0.1) is 11.7 Å². The van der Waals surface area contributed by atoms with E-state index in [1.807, 2.05) is 0 Å². The van der Waals surface area contributed by atoms with Crippen molar-refractivity contribution < 1.29 is 9.84 Å². The van der Waals surface area contributed by atoms with Gasteiger partial charge in [0, 0.05) is 7.11 Å². The van der Waals surface area contributed by atoms with Crippen LogP contribution in [0.3, 0.4) is 0 Å². The van der Waals surface area contributed by atoms with Crippen molar-refractivity contribution in [3.8, 4) is 0 Å². The lowest BCUT2D eigenvalue weighted by Crippen LogP contribution is -2.47. The first-order valence-electron chi connectivity index (χ1n) is 6.90. The lowest BCUT2D eigenvalue weighted by Gasteiger charge is -2.42. The average molecular weight is 268 g/mol. The van der Waals surface area contributed by atoms with Crippen LogP contribution in [0.15, 0.2) is 16.8 Å². The van der Waals surface area contributed by atoms with Crippen molar-refractivity contribution in [2.24, 2.45) is 5.92 Å². The van der Waals surface area contributed by atoms with E-state index in [-0.39, 0.29) is 11.7 Å². The molecular weight excluding hydrogens is 244 g/mol. The fraction of sp³-hybridized carbons (Fsp3) is 0.733. The molecule has 1 heterocycles. The highest BCUT2D eigenvalue weighted by Crippen LogP contribution is 2.38. The number of hydrogen-bond acceptors (Lipinski definition) is 3. The monoisotopic (exact) mass is 268 g/mol. The Morgan fingerprint density at radius 3 is 3.06 bits per heavy atom. The molecule has 1 aromatic rings. The Morgan fingerprint density at radius 2 is 2.44 bits per heavy atom. The van der Waals surface area contributed by atoms with Crippen LogP contribution in [0.5, 0.6) is 0 Å². The van der Waals surface area contributed by atoms with Gasteiger partial charge in [-0.15, -0.1) is 0 Å². The van der Waals surface area contributed by atoms with E-state index in [1.165, 1.54) is 18.4 Å². The van der Waals surface area contributed by atoms with Gasteiger partial charge in [0.15, 0.2) is 0 Å². The highest BCUT2D eigenvalue weighted by atomic mass is 32.1. The van der Waals surface area contributed by atoms with Crippen LogP contribution in [-0.2, 0) is 11.2 Å². The lowest BCUT2D eigenvalue weighted by atomic mass is 9.74. The maximum Gasteiger partial charge on any atom is 0.0939 e. The zero-order chi connectivity index (χ0) is 13.0. The van der Waals surface area contributed by atoms with Crippen LogP contribution in [0, 0.1) is 5.92 Å². The second-order valence-electron chi connectivity index (χ2n) is 5.66. The summed E-state index contributed by atoms with van der Waals surface area (Å²) >= 11 is 1.72. The maximum atomic E-state index is 10.5. The van der Waals surface area contributed by atoms with Gasteiger partial charge in [0.1, 0.15) is 0 Å². The van der Waals surface area contributed by atoms with Gasteiger partial charge in [-0.1, -0.05) is 19.8 Å². The van der Waals surface area contributed by atoms with Crippen molar-refractivity contribution in [1.82, 2.24) is 0 Å². The Morgan fingerprint density at radius 1 is 1.61 bits per heavy atom.